The van der Waals surface area contributed by atoms with Crippen molar-refractivity contribution in [1.82, 2.24) is 14.9 Å². The third kappa shape index (κ3) is 3.47. The van der Waals surface area contributed by atoms with Crippen LogP contribution in [0.15, 0.2) is 16.9 Å². The Morgan fingerprint density at radius 1 is 1.13 bits per heavy atom. The molecular weight excluding hydrogens is 294 g/mol. The Bertz CT molecular complexity index is 736. The summed E-state index contributed by atoms with van der Waals surface area (Å²) < 4.78 is 11.2. The highest BCUT2D eigenvalue weighted by Gasteiger charge is 2.15. The lowest BCUT2D eigenvalue weighted by Gasteiger charge is -2.15. The summed E-state index contributed by atoms with van der Waals surface area (Å²) in [6.07, 6.45) is 2.42. The van der Waals surface area contributed by atoms with Crippen molar-refractivity contribution in [2.75, 3.05) is 26.3 Å². The summed E-state index contributed by atoms with van der Waals surface area (Å²) in [6.45, 7) is 7.69. The minimum Gasteiger partial charge on any atom is -0.490 e. The zero-order valence-corrected chi connectivity index (χ0v) is 13.7. The van der Waals surface area contributed by atoms with Crippen LogP contribution in [0.2, 0.25) is 0 Å². The lowest BCUT2D eigenvalue weighted by molar-refractivity contribution is 0.288. The Kier molecular flexibility index (Phi) is 4.81. The molecule has 1 aromatic heterocycles. The van der Waals surface area contributed by atoms with Gasteiger partial charge < -0.3 is 14.5 Å². The summed E-state index contributed by atoms with van der Waals surface area (Å²) in [5, 5.41) is 0.530. The first kappa shape index (κ1) is 15.8. The Morgan fingerprint density at radius 2 is 1.78 bits per heavy atom. The zero-order valence-electron chi connectivity index (χ0n) is 13.7. The second-order valence-electron chi connectivity index (χ2n) is 5.68. The molecule has 124 valence electrons. The van der Waals surface area contributed by atoms with Gasteiger partial charge in [-0.05, 0) is 45.8 Å². The second kappa shape index (κ2) is 7.00. The van der Waals surface area contributed by atoms with E-state index in [2.05, 4.69) is 14.9 Å². The Balaban J connectivity index is 2.00. The van der Waals surface area contributed by atoms with E-state index in [1.54, 1.807) is 12.1 Å². The first-order chi connectivity index (χ1) is 11.2. The maximum Gasteiger partial charge on any atom is 0.258 e. The van der Waals surface area contributed by atoms with E-state index < -0.39 is 0 Å². The van der Waals surface area contributed by atoms with E-state index in [0.717, 1.165) is 13.1 Å². The summed E-state index contributed by atoms with van der Waals surface area (Å²) in [7, 11) is 0. The van der Waals surface area contributed by atoms with Gasteiger partial charge in [0.2, 0.25) is 0 Å². The number of likely N-dealkylation sites (tertiary alicyclic amines) is 1. The van der Waals surface area contributed by atoms with Gasteiger partial charge in [-0.3, -0.25) is 9.69 Å². The molecule has 6 heteroatoms. The third-order valence-corrected chi connectivity index (χ3v) is 3.99. The molecule has 1 saturated heterocycles. The number of fused-ring (bicyclic) bond motifs is 1. The van der Waals surface area contributed by atoms with Gasteiger partial charge in [0.15, 0.2) is 11.5 Å². The highest BCUT2D eigenvalue weighted by atomic mass is 16.5. The van der Waals surface area contributed by atoms with Gasteiger partial charge in [0.25, 0.3) is 5.56 Å². The number of benzene rings is 1. The van der Waals surface area contributed by atoms with Crippen LogP contribution in [0, 0.1) is 0 Å². The Morgan fingerprint density at radius 3 is 2.43 bits per heavy atom. The van der Waals surface area contributed by atoms with E-state index in [-0.39, 0.29) is 5.56 Å². The van der Waals surface area contributed by atoms with Crippen LogP contribution < -0.4 is 15.0 Å². The Hall–Kier alpha value is -2.08. The minimum absolute atomic E-state index is 0.131. The summed E-state index contributed by atoms with van der Waals surface area (Å²) in [4.78, 5) is 22.2. The van der Waals surface area contributed by atoms with Crippen LogP contribution in [0.4, 0.5) is 0 Å². The average molecular weight is 317 g/mol. The minimum atomic E-state index is -0.131. The van der Waals surface area contributed by atoms with Gasteiger partial charge in [-0.2, -0.15) is 0 Å². The number of hydrogen-bond acceptors (Lipinski definition) is 5. The first-order valence-corrected chi connectivity index (χ1v) is 8.26. The predicted octanol–water partition coefficient (Wildman–Crippen LogP) is 2.32. The van der Waals surface area contributed by atoms with Gasteiger partial charge >= 0.3 is 0 Å². The number of H-pyrrole nitrogens is 1. The SMILES string of the molecule is CCOc1cc2nc(CN3CCCC3)[nH]c(=O)c2cc1OCC. The summed E-state index contributed by atoms with van der Waals surface area (Å²) in [5.41, 5.74) is 0.517. The van der Waals surface area contributed by atoms with Crippen LogP contribution >= 0.6 is 0 Å². The molecule has 0 spiro atoms. The number of aromatic nitrogens is 2. The molecule has 23 heavy (non-hydrogen) atoms. The number of aromatic amines is 1. The van der Waals surface area contributed by atoms with Crippen molar-refractivity contribution in [3.63, 3.8) is 0 Å². The van der Waals surface area contributed by atoms with Crippen molar-refractivity contribution in [1.29, 1.82) is 0 Å². The fourth-order valence-electron chi connectivity index (χ4n) is 2.96. The van der Waals surface area contributed by atoms with E-state index in [4.69, 9.17) is 9.47 Å². The number of nitrogens with one attached hydrogen (secondary N) is 1. The number of hydrogen-bond donors (Lipinski definition) is 1. The molecule has 2 aromatic rings. The topological polar surface area (TPSA) is 67.5 Å². The molecule has 0 amide bonds. The lowest BCUT2D eigenvalue weighted by Crippen LogP contribution is -2.22. The van der Waals surface area contributed by atoms with Gasteiger partial charge in [0.05, 0.1) is 30.7 Å². The molecule has 1 N–H and O–H groups in total. The van der Waals surface area contributed by atoms with E-state index in [1.165, 1.54) is 12.8 Å². The third-order valence-electron chi connectivity index (χ3n) is 3.99. The molecule has 1 fully saturated rings. The molecule has 0 saturated carbocycles. The number of ether oxygens (including phenoxy) is 2. The van der Waals surface area contributed by atoms with Crippen LogP contribution in [0.3, 0.4) is 0 Å². The smallest absolute Gasteiger partial charge is 0.258 e. The van der Waals surface area contributed by atoms with Crippen LogP contribution in [0.25, 0.3) is 10.9 Å². The Labute approximate surface area is 135 Å². The molecule has 0 radical (unpaired) electrons. The van der Waals surface area contributed by atoms with Gasteiger partial charge in [-0.25, -0.2) is 4.98 Å². The van der Waals surface area contributed by atoms with Gasteiger partial charge in [-0.1, -0.05) is 0 Å². The van der Waals surface area contributed by atoms with Gasteiger partial charge in [0.1, 0.15) is 5.82 Å². The molecule has 1 aromatic carbocycles. The molecule has 0 aliphatic carbocycles. The standard InChI is InChI=1S/C17H23N3O3/c1-3-22-14-9-12-13(10-15(14)23-4-2)18-16(19-17(12)21)11-20-7-5-6-8-20/h9-10H,3-8,11H2,1-2H3,(H,18,19,21). The molecule has 1 aliphatic rings. The summed E-state index contributed by atoms with van der Waals surface area (Å²) in [6, 6.07) is 3.52. The van der Waals surface area contributed by atoms with E-state index in [1.807, 2.05) is 13.8 Å². The molecule has 6 nitrogen and oxygen atoms in total. The van der Waals surface area contributed by atoms with Crippen LogP contribution in [0.1, 0.15) is 32.5 Å². The molecule has 0 unspecified atom stereocenters. The monoisotopic (exact) mass is 317 g/mol. The molecule has 0 atom stereocenters. The van der Waals surface area contributed by atoms with Crippen LogP contribution in [0.5, 0.6) is 11.5 Å². The molecular formula is C17H23N3O3. The highest BCUT2D eigenvalue weighted by molar-refractivity contribution is 5.81. The first-order valence-electron chi connectivity index (χ1n) is 8.26. The summed E-state index contributed by atoms with van der Waals surface area (Å²) >= 11 is 0. The van der Waals surface area contributed by atoms with Crippen molar-refractivity contribution in [3.8, 4) is 11.5 Å². The average Bonchev–Trinajstić information content (AvgIpc) is 3.02. The molecule has 0 bridgehead atoms. The maximum absolute atomic E-state index is 12.4. The number of rotatable bonds is 6. The fourth-order valence-corrected chi connectivity index (χ4v) is 2.96. The normalized spacial score (nSPS) is 15.2. The van der Waals surface area contributed by atoms with E-state index in [9.17, 15) is 4.79 Å². The fraction of sp³-hybridized carbons (Fsp3) is 0.529. The van der Waals surface area contributed by atoms with Crippen molar-refractivity contribution < 1.29 is 9.47 Å². The molecule has 1 aliphatic heterocycles. The van der Waals surface area contributed by atoms with E-state index >= 15 is 0 Å². The quantitative estimate of drug-likeness (QED) is 0.885. The number of nitrogens with zero attached hydrogens (tertiary/aromatic N) is 2. The van der Waals surface area contributed by atoms with Crippen molar-refractivity contribution in [2.45, 2.75) is 33.2 Å². The molecule has 3 rings (SSSR count). The van der Waals surface area contributed by atoms with E-state index in [0.29, 0.717) is 48.0 Å². The van der Waals surface area contributed by atoms with Crippen molar-refractivity contribution in [3.05, 3.63) is 28.3 Å². The zero-order chi connectivity index (χ0) is 16.2. The predicted molar refractivity (Wildman–Crippen MR) is 89.2 cm³/mol. The molecule has 2 heterocycles. The van der Waals surface area contributed by atoms with Gasteiger partial charge in [-0.15, -0.1) is 0 Å². The lowest BCUT2D eigenvalue weighted by atomic mass is 10.2. The van der Waals surface area contributed by atoms with Gasteiger partial charge in [0, 0.05) is 6.07 Å². The highest BCUT2D eigenvalue weighted by Crippen LogP contribution is 2.30. The second-order valence-corrected chi connectivity index (χ2v) is 5.68. The van der Waals surface area contributed by atoms with Crippen molar-refractivity contribution >= 4 is 10.9 Å². The van der Waals surface area contributed by atoms with Crippen molar-refractivity contribution in [2.24, 2.45) is 0 Å². The van der Waals surface area contributed by atoms with Crippen LogP contribution in [-0.2, 0) is 6.54 Å². The maximum atomic E-state index is 12.4. The largest absolute Gasteiger partial charge is 0.490 e. The summed E-state index contributed by atoms with van der Waals surface area (Å²) in [5.74, 6) is 1.92. The van der Waals surface area contributed by atoms with Crippen LogP contribution in [-0.4, -0.2) is 41.2 Å².